The number of aryl methyl sites for hydroxylation is 1. The molecule has 0 fully saturated rings. The summed E-state index contributed by atoms with van der Waals surface area (Å²) in [6, 6.07) is 3.99. The second-order valence-electron chi connectivity index (χ2n) is 3.89. The molecule has 0 N–H and O–H groups in total. The van der Waals surface area contributed by atoms with E-state index < -0.39 is 0 Å². The van der Waals surface area contributed by atoms with Crippen molar-refractivity contribution >= 4 is 11.8 Å². The molecule has 1 aromatic carbocycles. The maximum atomic E-state index is 10.5. The number of aliphatic imine (C=N–C) groups is 1. The van der Waals surface area contributed by atoms with Crippen molar-refractivity contribution in [3.8, 4) is 5.75 Å². The van der Waals surface area contributed by atoms with Crippen molar-refractivity contribution in [2.45, 2.75) is 32.6 Å². The zero-order valence-electron chi connectivity index (χ0n) is 9.45. The number of isocyanates is 1. The summed E-state index contributed by atoms with van der Waals surface area (Å²) in [5.41, 5.74) is 3.15. The number of ether oxygens (including phenoxy) is 1. The van der Waals surface area contributed by atoms with Crippen LogP contribution in [0.5, 0.6) is 5.75 Å². The van der Waals surface area contributed by atoms with Crippen molar-refractivity contribution in [3.05, 3.63) is 23.3 Å². The number of hydrogen-bond donors (Lipinski definition) is 0. The van der Waals surface area contributed by atoms with Crippen LogP contribution in [0.1, 0.15) is 30.9 Å². The minimum Gasteiger partial charge on any atom is -0.492 e. The molecule has 0 atom stereocenters. The van der Waals surface area contributed by atoms with Crippen molar-refractivity contribution in [2.24, 2.45) is 4.99 Å². The van der Waals surface area contributed by atoms with E-state index >= 15 is 0 Å². The first-order valence-corrected chi connectivity index (χ1v) is 5.72. The molecule has 2 rings (SSSR count). The van der Waals surface area contributed by atoms with Gasteiger partial charge in [-0.15, -0.1) is 0 Å². The van der Waals surface area contributed by atoms with Crippen LogP contribution in [0, 0.1) is 0 Å². The van der Waals surface area contributed by atoms with Gasteiger partial charge in [0, 0.05) is 0 Å². The molecule has 0 radical (unpaired) electrons. The van der Waals surface area contributed by atoms with Gasteiger partial charge < -0.3 is 4.74 Å². The highest BCUT2D eigenvalue weighted by Crippen LogP contribution is 2.37. The van der Waals surface area contributed by atoms with Crippen LogP contribution in [0.15, 0.2) is 17.1 Å². The largest absolute Gasteiger partial charge is 0.492 e. The van der Waals surface area contributed by atoms with Gasteiger partial charge >= 0.3 is 0 Å². The molecular weight excluding hydrogens is 202 g/mol. The van der Waals surface area contributed by atoms with E-state index in [1.165, 1.54) is 17.5 Å². The molecule has 1 aliphatic rings. The summed E-state index contributed by atoms with van der Waals surface area (Å²) in [6.45, 7) is 2.51. The fourth-order valence-electron chi connectivity index (χ4n) is 2.23. The summed E-state index contributed by atoms with van der Waals surface area (Å²) < 4.78 is 5.48. The predicted molar refractivity (Wildman–Crippen MR) is 62.0 cm³/mol. The summed E-state index contributed by atoms with van der Waals surface area (Å²) in [4.78, 5) is 14.3. The van der Waals surface area contributed by atoms with Crippen LogP contribution in [0.25, 0.3) is 0 Å². The predicted octanol–water partition coefficient (Wildman–Crippen LogP) is 2.93. The minimum absolute atomic E-state index is 0.583. The lowest BCUT2D eigenvalue weighted by Gasteiger charge is -2.19. The fraction of sp³-hybridized carbons (Fsp3) is 0.462. The van der Waals surface area contributed by atoms with Gasteiger partial charge in [0.1, 0.15) is 11.4 Å². The molecule has 0 spiro atoms. The molecule has 0 bridgehead atoms. The number of rotatable bonds is 3. The van der Waals surface area contributed by atoms with Crippen LogP contribution in [-0.4, -0.2) is 12.7 Å². The monoisotopic (exact) mass is 217 g/mol. The first kappa shape index (κ1) is 10.9. The van der Waals surface area contributed by atoms with E-state index in [0.717, 1.165) is 19.3 Å². The van der Waals surface area contributed by atoms with Gasteiger partial charge in [-0.05, 0) is 49.8 Å². The van der Waals surface area contributed by atoms with Gasteiger partial charge in [0.25, 0.3) is 0 Å². The Bertz CT molecular complexity index is 434. The highest BCUT2D eigenvalue weighted by molar-refractivity contribution is 5.65. The fourth-order valence-corrected chi connectivity index (χ4v) is 2.23. The Morgan fingerprint density at radius 2 is 2.19 bits per heavy atom. The van der Waals surface area contributed by atoms with Crippen molar-refractivity contribution in [3.63, 3.8) is 0 Å². The summed E-state index contributed by atoms with van der Waals surface area (Å²) in [7, 11) is 0. The van der Waals surface area contributed by atoms with Crippen LogP contribution < -0.4 is 4.74 Å². The molecule has 0 saturated heterocycles. The Hall–Kier alpha value is -1.60. The van der Waals surface area contributed by atoms with E-state index in [1.54, 1.807) is 6.08 Å². The Morgan fingerprint density at radius 3 is 2.94 bits per heavy atom. The number of carbonyl (C=O) groups excluding carboxylic acids is 1. The molecule has 84 valence electrons. The Kier molecular flexibility index (Phi) is 3.37. The first-order chi connectivity index (χ1) is 7.86. The topological polar surface area (TPSA) is 38.7 Å². The Balaban J connectivity index is 2.51. The average molecular weight is 217 g/mol. The van der Waals surface area contributed by atoms with Gasteiger partial charge in [0.2, 0.25) is 6.08 Å². The SMILES string of the molecule is CCOc1ccc2c(c1N=C=O)CCCC2. The Labute approximate surface area is 95.2 Å². The molecule has 0 unspecified atom stereocenters. The number of fused-ring (bicyclic) bond motifs is 1. The summed E-state index contributed by atoms with van der Waals surface area (Å²) in [6.07, 6.45) is 6.05. The number of nitrogens with zero attached hydrogens (tertiary/aromatic N) is 1. The number of benzene rings is 1. The van der Waals surface area contributed by atoms with Crippen LogP contribution >= 0.6 is 0 Å². The lowest BCUT2D eigenvalue weighted by molar-refractivity contribution is 0.341. The molecule has 0 aromatic heterocycles. The van der Waals surface area contributed by atoms with Crippen molar-refractivity contribution in [2.75, 3.05) is 6.61 Å². The lowest BCUT2D eigenvalue weighted by atomic mass is 9.90. The third-order valence-corrected chi connectivity index (χ3v) is 2.92. The van der Waals surface area contributed by atoms with Crippen molar-refractivity contribution < 1.29 is 9.53 Å². The maximum absolute atomic E-state index is 10.5. The van der Waals surface area contributed by atoms with Gasteiger partial charge in [-0.3, -0.25) is 0 Å². The second-order valence-corrected chi connectivity index (χ2v) is 3.89. The van der Waals surface area contributed by atoms with E-state index in [1.807, 2.05) is 13.0 Å². The third-order valence-electron chi connectivity index (χ3n) is 2.92. The quantitative estimate of drug-likeness (QED) is 0.576. The smallest absolute Gasteiger partial charge is 0.240 e. The summed E-state index contributed by atoms with van der Waals surface area (Å²) in [5.74, 6) is 0.700. The van der Waals surface area contributed by atoms with Crippen LogP contribution in [0.3, 0.4) is 0 Å². The maximum Gasteiger partial charge on any atom is 0.240 e. The number of hydrogen-bond acceptors (Lipinski definition) is 3. The zero-order chi connectivity index (χ0) is 11.4. The molecule has 0 aliphatic heterocycles. The minimum atomic E-state index is 0.583. The molecule has 16 heavy (non-hydrogen) atoms. The molecule has 1 aliphatic carbocycles. The molecular formula is C13H15NO2. The molecule has 0 heterocycles. The normalized spacial score (nSPS) is 13.8. The standard InChI is InChI=1S/C13H15NO2/c1-2-16-12-8-7-10-5-3-4-6-11(10)13(12)14-9-15/h7-8H,2-6H2,1H3. The van der Waals surface area contributed by atoms with E-state index in [-0.39, 0.29) is 0 Å². The summed E-state index contributed by atoms with van der Waals surface area (Å²) >= 11 is 0. The lowest BCUT2D eigenvalue weighted by Crippen LogP contribution is -2.04. The van der Waals surface area contributed by atoms with Gasteiger partial charge in [-0.2, -0.15) is 4.99 Å². The third kappa shape index (κ3) is 2.00. The molecule has 0 amide bonds. The highest BCUT2D eigenvalue weighted by Gasteiger charge is 2.16. The molecule has 0 saturated carbocycles. The highest BCUT2D eigenvalue weighted by atomic mass is 16.5. The van der Waals surface area contributed by atoms with Crippen LogP contribution in [0.4, 0.5) is 5.69 Å². The van der Waals surface area contributed by atoms with Gasteiger partial charge in [0.15, 0.2) is 0 Å². The van der Waals surface area contributed by atoms with E-state index in [0.29, 0.717) is 18.0 Å². The van der Waals surface area contributed by atoms with Crippen LogP contribution in [-0.2, 0) is 17.6 Å². The van der Waals surface area contributed by atoms with E-state index in [4.69, 9.17) is 4.74 Å². The summed E-state index contributed by atoms with van der Waals surface area (Å²) in [5, 5.41) is 0. The van der Waals surface area contributed by atoms with E-state index in [2.05, 4.69) is 11.1 Å². The Morgan fingerprint density at radius 1 is 1.38 bits per heavy atom. The second kappa shape index (κ2) is 4.95. The molecule has 3 heteroatoms. The van der Waals surface area contributed by atoms with Gasteiger partial charge in [-0.25, -0.2) is 4.79 Å². The first-order valence-electron chi connectivity index (χ1n) is 5.72. The van der Waals surface area contributed by atoms with E-state index in [9.17, 15) is 4.79 Å². The van der Waals surface area contributed by atoms with Gasteiger partial charge in [0.05, 0.1) is 6.61 Å². The van der Waals surface area contributed by atoms with Crippen molar-refractivity contribution in [1.29, 1.82) is 0 Å². The molecule has 3 nitrogen and oxygen atoms in total. The molecule has 1 aromatic rings. The van der Waals surface area contributed by atoms with Crippen LogP contribution in [0.2, 0.25) is 0 Å². The van der Waals surface area contributed by atoms with Crippen molar-refractivity contribution in [1.82, 2.24) is 0 Å². The van der Waals surface area contributed by atoms with Gasteiger partial charge in [-0.1, -0.05) is 6.07 Å². The zero-order valence-corrected chi connectivity index (χ0v) is 9.45. The average Bonchev–Trinajstić information content (AvgIpc) is 2.32.